The summed E-state index contributed by atoms with van der Waals surface area (Å²) in [5.74, 6) is 0.409. The summed E-state index contributed by atoms with van der Waals surface area (Å²) < 4.78 is 17.4. The van der Waals surface area contributed by atoms with Gasteiger partial charge in [0.25, 0.3) is 0 Å². The molecule has 1 aromatic carbocycles. The van der Waals surface area contributed by atoms with Crippen LogP contribution in [0.1, 0.15) is 69.2 Å². The number of hydrogen-bond donors (Lipinski definition) is 1. The van der Waals surface area contributed by atoms with Gasteiger partial charge in [0.15, 0.2) is 5.58 Å². The van der Waals surface area contributed by atoms with Gasteiger partial charge in [0, 0.05) is 35.9 Å². The lowest BCUT2D eigenvalue weighted by Crippen LogP contribution is -2.34. The Morgan fingerprint density at radius 3 is 2.67 bits per heavy atom. The zero-order valence-electron chi connectivity index (χ0n) is 18.4. The average molecular weight is 411 g/mol. The fourth-order valence-electron chi connectivity index (χ4n) is 4.17. The molecule has 1 aliphatic heterocycles. The van der Waals surface area contributed by atoms with Crippen LogP contribution in [0.4, 0.5) is 4.79 Å². The molecule has 6 nitrogen and oxygen atoms in total. The summed E-state index contributed by atoms with van der Waals surface area (Å²) >= 11 is 0. The van der Waals surface area contributed by atoms with Crippen LogP contribution >= 0.6 is 0 Å². The first-order valence-corrected chi connectivity index (χ1v) is 10.6. The van der Waals surface area contributed by atoms with Gasteiger partial charge in [-0.25, -0.2) is 4.79 Å². The van der Waals surface area contributed by atoms with Crippen LogP contribution in [0.15, 0.2) is 28.8 Å². The molecule has 1 saturated heterocycles. The second kappa shape index (κ2) is 7.91. The molecule has 0 aliphatic carbocycles. The van der Waals surface area contributed by atoms with Crippen LogP contribution in [0.25, 0.3) is 22.1 Å². The Kier molecular flexibility index (Phi) is 5.45. The molecule has 0 radical (unpaired) electrons. The topological polar surface area (TPSA) is 73.6 Å². The minimum absolute atomic E-state index is 0.269. The number of pyridine rings is 1. The molecule has 1 amide bonds. The largest absolute Gasteiger partial charge is 0.454 e. The van der Waals surface area contributed by atoms with E-state index in [0.29, 0.717) is 5.92 Å². The van der Waals surface area contributed by atoms with Crippen molar-refractivity contribution in [3.05, 3.63) is 41.1 Å². The summed E-state index contributed by atoms with van der Waals surface area (Å²) in [6.07, 6.45) is 3.39. The second-order valence-electron chi connectivity index (χ2n) is 9.17. The van der Waals surface area contributed by atoms with Gasteiger partial charge >= 0.3 is 6.09 Å². The molecule has 4 rings (SSSR count). The van der Waals surface area contributed by atoms with Crippen molar-refractivity contribution in [2.24, 2.45) is 0 Å². The lowest BCUT2D eigenvalue weighted by molar-refractivity contribution is 0.0508. The van der Waals surface area contributed by atoms with Crippen molar-refractivity contribution >= 4 is 28.2 Å². The molecule has 160 valence electrons. The monoisotopic (exact) mass is 410 g/mol. The molecular weight excluding hydrogens is 380 g/mol. The fraction of sp³-hybridized carbons (Fsp3) is 0.500. The van der Waals surface area contributed by atoms with Gasteiger partial charge in [-0.05, 0) is 71.1 Å². The molecule has 1 atom stereocenters. The number of carbonyl (C=O) groups excluding carboxylic acids is 1. The second-order valence-corrected chi connectivity index (χ2v) is 9.17. The lowest BCUT2D eigenvalue weighted by atomic mass is 9.91. The molecule has 0 spiro atoms. The Labute approximate surface area is 176 Å². The number of alkyl carbamates (subject to hydrolysis) is 1. The Hall–Kier alpha value is -2.60. The van der Waals surface area contributed by atoms with Crippen LogP contribution in [-0.4, -0.2) is 29.9 Å². The number of hydrogen-bond acceptors (Lipinski definition) is 5. The van der Waals surface area contributed by atoms with E-state index in [1.165, 1.54) is 5.56 Å². The van der Waals surface area contributed by atoms with Crippen LogP contribution < -0.4 is 5.32 Å². The number of fused-ring (bicyclic) bond motifs is 3. The number of ether oxygens (including phenoxy) is 2. The summed E-state index contributed by atoms with van der Waals surface area (Å²) in [7, 11) is 0. The molecule has 1 fully saturated rings. The van der Waals surface area contributed by atoms with Crippen LogP contribution in [0.3, 0.4) is 0 Å². The predicted molar refractivity (Wildman–Crippen MR) is 117 cm³/mol. The molecule has 3 aromatic rings. The predicted octanol–water partition coefficient (Wildman–Crippen LogP) is 5.77. The van der Waals surface area contributed by atoms with E-state index in [1.54, 1.807) is 0 Å². The smallest absolute Gasteiger partial charge is 0.408 e. The van der Waals surface area contributed by atoms with E-state index >= 15 is 0 Å². The van der Waals surface area contributed by atoms with E-state index in [9.17, 15) is 4.79 Å². The zero-order valence-corrected chi connectivity index (χ0v) is 18.4. The maximum atomic E-state index is 12.3. The molecule has 1 N–H and O–H groups in total. The number of aryl methyl sites for hydroxylation is 1. The van der Waals surface area contributed by atoms with Crippen molar-refractivity contribution in [3.8, 4) is 0 Å². The van der Waals surface area contributed by atoms with Crippen molar-refractivity contribution in [1.29, 1.82) is 0 Å². The van der Waals surface area contributed by atoms with E-state index in [0.717, 1.165) is 59.3 Å². The van der Waals surface area contributed by atoms with Gasteiger partial charge in [0.2, 0.25) is 0 Å². The average Bonchev–Trinajstić information content (AvgIpc) is 3.05. The maximum Gasteiger partial charge on any atom is 0.408 e. The van der Waals surface area contributed by atoms with Crippen LogP contribution in [-0.2, 0) is 9.47 Å². The van der Waals surface area contributed by atoms with E-state index < -0.39 is 11.7 Å². The molecule has 0 bridgehead atoms. The first kappa shape index (κ1) is 20.7. The van der Waals surface area contributed by atoms with Crippen LogP contribution in [0.5, 0.6) is 0 Å². The normalized spacial score (nSPS) is 16.7. The van der Waals surface area contributed by atoms with Crippen molar-refractivity contribution in [1.82, 2.24) is 10.3 Å². The summed E-state index contributed by atoms with van der Waals surface area (Å²) in [4.78, 5) is 16.9. The SMILES string of the molecule is Cc1cc(C(C)NC(=O)OC(C)(C)C)c2oc3c(C4CCOCC4)ccnc3c2c1. The highest BCUT2D eigenvalue weighted by molar-refractivity contribution is 6.05. The highest BCUT2D eigenvalue weighted by Crippen LogP contribution is 2.38. The number of amides is 1. The molecule has 6 heteroatoms. The highest BCUT2D eigenvalue weighted by atomic mass is 16.6. The van der Waals surface area contributed by atoms with Crippen molar-refractivity contribution in [2.45, 2.75) is 65.0 Å². The number of nitrogens with zero attached hydrogens (tertiary/aromatic N) is 1. The Morgan fingerprint density at radius 1 is 1.23 bits per heavy atom. The molecule has 1 aliphatic rings. The first-order chi connectivity index (χ1) is 14.2. The van der Waals surface area contributed by atoms with Gasteiger partial charge in [0.05, 0.1) is 6.04 Å². The number of benzene rings is 1. The van der Waals surface area contributed by atoms with Gasteiger partial charge in [-0.1, -0.05) is 6.07 Å². The zero-order chi connectivity index (χ0) is 21.5. The lowest BCUT2D eigenvalue weighted by Gasteiger charge is -2.22. The highest BCUT2D eigenvalue weighted by Gasteiger charge is 2.25. The Balaban J connectivity index is 1.76. The third kappa shape index (κ3) is 4.15. The fourth-order valence-corrected chi connectivity index (χ4v) is 4.17. The van der Waals surface area contributed by atoms with Gasteiger partial charge < -0.3 is 19.2 Å². The van der Waals surface area contributed by atoms with Crippen LogP contribution in [0, 0.1) is 6.92 Å². The first-order valence-electron chi connectivity index (χ1n) is 10.6. The van der Waals surface area contributed by atoms with Crippen molar-refractivity contribution in [3.63, 3.8) is 0 Å². The molecule has 30 heavy (non-hydrogen) atoms. The molecule has 1 unspecified atom stereocenters. The Bertz CT molecular complexity index is 1070. The minimum Gasteiger partial charge on any atom is -0.454 e. The Morgan fingerprint density at radius 2 is 1.97 bits per heavy atom. The summed E-state index contributed by atoms with van der Waals surface area (Å²) in [5.41, 5.74) is 5.15. The van der Waals surface area contributed by atoms with Gasteiger partial charge in [-0.2, -0.15) is 0 Å². The van der Waals surface area contributed by atoms with Crippen molar-refractivity contribution < 1.29 is 18.7 Å². The summed E-state index contributed by atoms with van der Waals surface area (Å²) in [5, 5.41) is 3.91. The van der Waals surface area contributed by atoms with E-state index in [4.69, 9.17) is 13.9 Å². The third-order valence-electron chi connectivity index (χ3n) is 5.52. The third-order valence-corrected chi connectivity index (χ3v) is 5.52. The standard InChI is InChI=1S/C24H30N2O4/c1-14-12-18(15(2)26-23(27)30-24(3,4)5)21-19(13-14)20-22(29-21)17(6-9-25-20)16-7-10-28-11-8-16/h6,9,12-13,15-16H,7-8,10-11H2,1-5H3,(H,26,27). The molecule has 2 aromatic heterocycles. The number of nitrogens with one attached hydrogen (secondary N) is 1. The summed E-state index contributed by atoms with van der Waals surface area (Å²) in [6, 6.07) is 5.96. The number of rotatable bonds is 3. The van der Waals surface area contributed by atoms with Gasteiger partial charge in [0.1, 0.15) is 16.7 Å². The molecule has 3 heterocycles. The number of aromatic nitrogens is 1. The van der Waals surface area contributed by atoms with Gasteiger partial charge in [-0.3, -0.25) is 4.98 Å². The minimum atomic E-state index is -0.548. The molecular formula is C24H30N2O4. The summed E-state index contributed by atoms with van der Waals surface area (Å²) in [6.45, 7) is 11.1. The molecule has 0 saturated carbocycles. The quantitative estimate of drug-likeness (QED) is 0.593. The maximum absolute atomic E-state index is 12.3. The van der Waals surface area contributed by atoms with E-state index in [2.05, 4.69) is 28.5 Å². The van der Waals surface area contributed by atoms with E-state index in [-0.39, 0.29) is 6.04 Å². The van der Waals surface area contributed by atoms with Crippen LogP contribution in [0.2, 0.25) is 0 Å². The van der Waals surface area contributed by atoms with E-state index in [1.807, 2.05) is 40.8 Å². The number of furan rings is 1. The van der Waals surface area contributed by atoms with Gasteiger partial charge in [-0.15, -0.1) is 0 Å². The van der Waals surface area contributed by atoms with Crippen molar-refractivity contribution in [2.75, 3.05) is 13.2 Å². The number of carbonyl (C=O) groups is 1.